The Bertz CT molecular complexity index is 1130. The second kappa shape index (κ2) is 47.5. The molecule has 59 heavy (non-hydrogen) atoms. The van der Waals surface area contributed by atoms with Gasteiger partial charge in [0.25, 0.3) is 0 Å². The highest BCUT2D eigenvalue weighted by atomic mass is 16.6. The van der Waals surface area contributed by atoms with E-state index < -0.39 is 6.10 Å². The largest absolute Gasteiger partial charge is 0.462 e. The standard InChI is InChI=1S/C53H90O6/c1-4-7-10-13-16-19-22-24-25-26-27-28-30-31-34-37-40-43-46-52(55)58-49-50(48-57-51(54)45-42-39-36-33-21-18-15-12-9-6-3)59-53(56)47-44-41-38-35-32-29-23-20-17-14-11-8-5-2/h8,11,14,17,20,23,25-29,32,50H,4-7,9-10,12-13,15-16,18-19,21-22,24,30-31,33-49H2,1-3H3/b11-8-,17-14-,23-20-,26-25-,28-27-,32-29-. The molecule has 0 radical (unpaired) electrons. The third-order valence-corrected chi connectivity index (χ3v) is 10.3. The van der Waals surface area contributed by atoms with Crippen LogP contribution in [0, 0.1) is 0 Å². The number of allylic oxidation sites excluding steroid dienone is 12. The molecule has 0 aliphatic rings. The van der Waals surface area contributed by atoms with Gasteiger partial charge in [0, 0.05) is 19.3 Å². The van der Waals surface area contributed by atoms with Crippen molar-refractivity contribution in [3.05, 3.63) is 72.9 Å². The Kier molecular flexibility index (Phi) is 45.0. The molecule has 1 atom stereocenters. The normalized spacial score (nSPS) is 12.7. The summed E-state index contributed by atoms with van der Waals surface area (Å²) in [5, 5.41) is 0. The van der Waals surface area contributed by atoms with E-state index in [0.717, 1.165) is 83.5 Å². The number of esters is 3. The lowest BCUT2D eigenvalue weighted by molar-refractivity contribution is -0.167. The summed E-state index contributed by atoms with van der Waals surface area (Å²) in [7, 11) is 0. The zero-order valence-electron chi connectivity index (χ0n) is 38.5. The number of carbonyl (C=O) groups excluding carboxylic acids is 3. The minimum atomic E-state index is -0.799. The van der Waals surface area contributed by atoms with Crippen molar-refractivity contribution in [2.45, 2.75) is 232 Å². The minimum Gasteiger partial charge on any atom is -0.462 e. The van der Waals surface area contributed by atoms with Crippen LogP contribution in [-0.4, -0.2) is 37.2 Å². The van der Waals surface area contributed by atoms with Crippen LogP contribution in [0.1, 0.15) is 226 Å². The molecule has 0 saturated carbocycles. The van der Waals surface area contributed by atoms with Gasteiger partial charge in [0.1, 0.15) is 13.2 Å². The summed E-state index contributed by atoms with van der Waals surface area (Å²) < 4.78 is 16.7. The Balaban J connectivity index is 4.42. The Morgan fingerprint density at radius 3 is 1.07 bits per heavy atom. The molecule has 338 valence electrons. The molecule has 0 bridgehead atoms. The summed E-state index contributed by atoms with van der Waals surface area (Å²) >= 11 is 0. The number of unbranched alkanes of at least 4 members (excludes halogenated alkanes) is 24. The van der Waals surface area contributed by atoms with Crippen molar-refractivity contribution in [1.29, 1.82) is 0 Å². The average molecular weight is 823 g/mol. The van der Waals surface area contributed by atoms with Gasteiger partial charge in [0.15, 0.2) is 6.10 Å². The van der Waals surface area contributed by atoms with E-state index in [2.05, 4.69) is 57.2 Å². The minimum absolute atomic E-state index is 0.0958. The van der Waals surface area contributed by atoms with Gasteiger partial charge in [0.05, 0.1) is 0 Å². The summed E-state index contributed by atoms with van der Waals surface area (Å²) in [6.07, 6.45) is 58.9. The summed E-state index contributed by atoms with van der Waals surface area (Å²) in [5.41, 5.74) is 0. The molecule has 0 rings (SSSR count). The summed E-state index contributed by atoms with van der Waals surface area (Å²) in [4.78, 5) is 37.8. The summed E-state index contributed by atoms with van der Waals surface area (Å²) in [6.45, 7) is 6.42. The molecule has 0 aliphatic carbocycles. The average Bonchev–Trinajstić information content (AvgIpc) is 3.23. The van der Waals surface area contributed by atoms with Crippen LogP contribution in [0.2, 0.25) is 0 Å². The molecule has 0 heterocycles. The molecule has 6 nitrogen and oxygen atoms in total. The van der Waals surface area contributed by atoms with Crippen LogP contribution in [-0.2, 0) is 28.6 Å². The Hall–Kier alpha value is -3.15. The first kappa shape index (κ1) is 55.9. The fourth-order valence-corrected chi connectivity index (χ4v) is 6.62. The Morgan fingerprint density at radius 2 is 0.661 bits per heavy atom. The molecule has 0 fully saturated rings. The third-order valence-electron chi connectivity index (χ3n) is 10.3. The predicted octanol–water partition coefficient (Wildman–Crippen LogP) is 15.9. The molecule has 0 spiro atoms. The van der Waals surface area contributed by atoms with E-state index in [1.807, 2.05) is 36.5 Å². The van der Waals surface area contributed by atoms with E-state index in [-0.39, 0.29) is 37.5 Å². The van der Waals surface area contributed by atoms with Gasteiger partial charge in [-0.05, 0) is 64.2 Å². The third kappa shape index (κ3) is 45.8. The van der Waals surface area contributed by atoms with Crippen LogP contribution >= 0.6 is 0 Å². The first-order valence-corrected chi connectivity index (χ1v) is 24.5. The maximum absolute atomic E-state index is 12.7. The van der Waals surface area contributed by atoms with Crippen LogP contribution in [0.3, 0.4) is 0 Å². The lowest BCUT2D eigenvalue weighted by Gasteiger charge is -2.18. The van der Waals surface area contributed by atoms with Crippen molar-refractivity contribution in [3.63, 3.8) is 0 Å². The highest BCUT2D eigenvalue weighted by Gasteiger charge is 2.19. The molecule has 0 aromatic heterocycles. The van der Waals surface area contributed by atoms with E-state index in [1.54, 1.807) is 0 Å². The van der Waals surface area contributed by atoms with Crippen LogP contribution < -0.4 is 0 Å². The van der Waals surface area contributed by atoms with E-state index >= 15 is 0 Å². The number of hydrogen-bond acceptors (Lipinski definition) is 6. The van der Waals surface area contributed by atoms with E-state index in [0.29, 0.717) is 19.3 Å². The van der Waals surface area contributed by atoms with Gasteiger partial charge in [-0.15, -0.1) is 0 Å². The van der Waals surface area contributed by atoms with Crippen molar-refractivity contribution in [2.75, 3.05) is 13.2 Å². The summed E-state index contributed by atoms with van der Waals surface area (Å²) in [6, 6.07) is 0. The monoisotopic (exact) mass is 823 g/mol. The van der Waals surface area contributed by atoms with Gasteiger partial charge in [-0.25, -0.2) is 0 Å². The van der Waals surface area contributed by atoms with Crippen molar-refractivity contribution in [3.8, 4) is 0 Å². The lowest BCUT2D eigenvalue weighted by Crippen LogP contribution is -2.30. The second-order valence-electron chi connectivity index (χ2n) is 16.1. The van der Waals surface area contributed by atoms with Gasteiger partial charge < -0.3 is 14.2 Å². The Morgan fingerprint density at radius 1 is 0.356 bits per heavy atom. The molecule has 0 amide bonds. The first-order valence-electron chi connectivity index (χ1n) is 24.5. The number of ether oxygens (including phenoxy) is 3. The van der Waals surface area contributed by atoms with Crippen molar-refractivity contribution < 1.29 is 28.6 Å². The van der Waals surface area contributed by atoms with Gasteiger partial charge in [-0.2, -0.15) is 0 Å². The molecule has 0 N–H and O–H groups in total. The van der Waals surface area contributed by atoms with Crippen molar-refractivity contribution in [2.24, 2.45) is 0 Å². The molecule has 0 aromatic carbocycles. The maximum atomic E-state index is 12.7. The zero-order valence-corrected chi connectivity index (χ0v) is 38.5. The van der Waals surface area contributed by atoms with Gasteiger partial charge in [-0.1, -0.05) is 216 Å². The van der Waals surface area contributed by atoms with E-state index in [1.165, 1.54) is 96.3 Å². The van der Waals surface area contributed by atoms with Crippen LogP contribution in [0.15, 0.2) is 72.9 Å². The number of hydrogen-bond donors (Lipinski definition) is 0. The van der Waals surface area contributed by atoms with Crippen molar-refractivity contribution >= 4 is 17.9 Å². The number of carbonyl (C=O) groups is 3. The quantitative estimate of drug-likeness (QED) is 0.0264. The smallest absolute Gasteiger partial charge is 0.306 e. The highest BCUT2D eigenvalue weighted by molar-refractivity contribution is 5.71. The van der Waals surface area contributed by atoms with Gasteiger partial charge >= 0.3 is 17.9 Å². The van der Waals surface area contributed by atoms with E-state index in [4.69, 9.17) is 14.2 Å². The van der Waals surface area contributed by atoms with E-state index in [9.17, 15) is 14.4 Å². The predicted molar refractivity (Wildman–Crippen MR) is 251 cm³/mol. The van der Waals surface area contributed by atoms with Crippen molar-refractivity contribution in [1.82, 2.24) is 0 Å². The molecule has 0 saturated heterocycles. The fourth-order valence-electron chi connectivity index (χ4n) is 6.62. The number of rotatable bonds is 43. The molecular weight excluding hydrogens is 733 g/mol. The SMILES string of the molecule is CC\C=C/C=C\C=C/C=C\CCCCCC(=O)OC(COC(=O)CCCCCCC/C=C\C=C/CCCCCCCCC)COC(=O)CCCCCCCCCCCC. The second-order valence-corrected chi connectivity index (χ2v) is 16.1. The molecular formula is C53H90O6. The van der Waals surface area contributed by atoms with Gasteiger partial charge in [0.2, 0.25) is 0 Å². The lowest BCUT2D eigenvalue weighted by atomic mass is 10.1. The van der Waals surface area contributed by atoms with Crippen LogP contribution in [0.25, 0.3) is 0 Å². The first-order chi connectivity index (χ1) is 29.0. The zero-order chi connectivity index (χ0) is 43.0. The van der Waals surface area contributed by atoms with Crippen LogP contribution in [0.4, 0.5) is 0 Å². The molecule has 0 aromatic rings. The van der Waals surface area contributed by atoms with Gasteiger partial charge in [-0.3, -0.25) is 14.4 Å². The van der Waals surface area contributed by atoms with Crippen LogP contribution in [0.5, 0.6) is 0 Å². The maximum Gasteiger partial charge on any atom is 0.306 e. The molecule has 0 aliphatic heterocycles. The summed E-state index contributed by atoms with van der Waals surface area (Å²) in [5.74, 6) is -0.954. The molecule has 1 unspecified atom stereocenters. The Labute approximate surface area is 363 Å². The molecule has 6 heteroatoms. The topological polar surface area (TPSA) is 78.9 Å². The highest BCUT2D eigenvalue weighted by Crippen LogP contribution is 2.14. The fraction of sp³-hybridized carbons (Fsp3) is 0.717.